The van der Waals surface area contributed by atoms with Crippen molar-refractivity contribution < 1.29 is 9.90 Å². The smallest absolute Gasteiger partial charge is 0.221 e. The molecule has 1 amide bonds. The van der Waals surface area contributed by atoms with Gasteiger partial charge in [-0.05, 0) is 43.2 Å². The summed E-state index contributed by atoms with van der Waals surface area (Å²) in [5.74, 6) is 10.9. The fraction of sp³-hybridized carbons (Fsp3) is 0.211. The van der Waals surface area contributed by atoms with Gasteiger partial charge in [0.05, 0.1) is 0 Å². The summed E-state index contributed by atoms with van der Waals surface area (Å²) < 4.78 is 0. The maximum atomic E-state index is 11.3. The summed E-state index contributed by atoms with van der Waals surface area (Å²) in [6.07, 6.45) is 0. The molecule has 2 rings (SSSR count). The number of carbonyl (C=O) groups excluding carboxylic acids is 1. The highest BCUT2D eigenvalue weighted by molar-refractivity contribution is 6.03. The van der Waals surface area contributed by atoms with Crippen LogP contribution in [0, 0.1) is 23.7 Å². The molecule has 0 unspecified atom stereocenters. The van der Waals surface area contributed by atoms with E-state index in [1.807, 2.05) is 36.4 Å². The van der Waals surface area contributed by atoms with Gasteiger partial charge in [-0.3, -0.25) is 4.79 Å². The summed E-state index contributed by atoms with van der Waals surface area (Å²) in [7, 11) is 0. The number of anilines is 1. The molecule has 3 nitrogen and oxygen atoms in total. The number of nitrogens with one attached hydrogen (secondary N) is 1. The zero-order valence-corrected chi connectivity index (χ0v) is 12.8. The average molecular weight is 291 g/mol. The minimum atomic E-state index is -1.05. The van der Waals surface area contributed by atoms with Crippen molar-refractivity contribution in [2.24, 2.45) is 0 Å². The molecule has 0 fully saturated rings. The first-order valence-electron chi connectivity index (χ1n) is 6.92. The Balaban J connectivity index is 2.47. The number of rotatable bonds is 1. The number of carbonyl (C=O) groups is 1. The third-order valence-electron chi connectivity index (χ3n) is 2.86. The number of hydrogen-bond acceptors (Lipinski definition) is 2. The Morgan fingerprint density at radius 1 is 1.09 bits per heavy atom. The van der Waals surface area contributed by atoms with Gasteiger partial charge < -0.3 is 10.4 Å². The van der Waals surface area contributed by atoms with Crippen LogP contribution in [0.1, 0.15) is 26.3 Å². The van der Waals surface area contributed by atoms with Gasteiger partial charge in [0.15, 0.2) is 0 Å². The Bertz CT molecular complexity index is 837. The molecule has 0 radical (unpaired) electrons. The molecule has 0 bridgehead atoms. The number of fused-ring (bicyclic) bond motifs is 1. The first-order valence-corrected chi connectivity index (χ1v) is 6.92. The largest absolute Gasteiger partial charge is 0.378 e. The van der Waals surface area contributed by atoms with E-state index in [0.717, 1.165) is 22.0 Å². The van der Waals surface area contributed by atoms with Gasteiger partial charge in [0.1, 0.15) is 5.60 Å². The molecule has 0 aromatic heterocycles. The number of amides is 1. The molecule has 0 aliphatic rings. The Hall–Kier alpha value is -2.75. The Morgan fingerprint density at radius 3 is 2.41 bits per heavy atom. The Kier molecular flexibility index (Phi) is 4.51. The highest BCUT2D eigenvalue weighted by atomic mass is 16.3. The van der Waals surface area contributed by atoms with Gasteiger partial charge >= 0.3 is 0 Å². The number of aliphatic hydroxyl groups is 1. The maximum absolute atomic E-state index is 11.3. The minimum Gasteiger partial charge on any atom is -0.378 e. The van der Waals surface area contributed by atoms with Crippen molar-refractivity contribution in [1.82, 2.24) is 0 Å². The molecule has 22 heavy (non-hydrogen) atoms. The molecule has 0 aliphatic carbocycles. The van der Waals surface area contributed by atoms with Gasteiger partial charge in [-0.1, -0.05) is 36.1 Å². The van der Waals surface area contributed by atoms with Crippen LogP contribution < -0.4 is 5.32 Å². The van der Waals surface area contributed by atoms with Crippen molar-refractivity contribution in [1.29, 1.82) is 0 Å². The fourth-order valence-electron chi connectivity index (χ4n) is 1.99. The molecule has 0 atom stereocenters. The molecular formula is C19H17NO2. The van der Waals surface area contributed by atoms with E-state index >= 15 is 0 Å². The fourth-order valence-corrected chi connectivity index (χ4v) is 1.99. The Labute approximate surface area is 130 Å². The lowest BCUT2D eigenvalue weighted by molar-refractivity contribution is -0.114. The summed E-state index contributed by atoms with van der Waals surface area (Å²) in [5.41, 5.74) is 0.539. The Morgan fingerprint density at radius 2 is 1.77 bits per heavy atom. The lowest BCUT2D eigenvalue weighted by Crippen LogP contribution is -2.14. The minimum absolute atomic E-state index is 0.111. The normalized spacial score (nSPS) is 10.2. The van der Waals surface area contributed by atoms with E-state index in [0.29, 0.717) is 0 Å². The van der Waals surface area contributed by atoms with Crippen LogP contribution in [0.4, 0.5) is 5.69 Å². The first kappa shape index (κ1) is 15.6. The van der Waals surface area contributed by atoms with Crippen LogP contribution in [0.25, 0.3) is 10.8 Å². The lowest BCUT2D eigenvalue weighted by atomic mass is 10.0. The van der Waals surface area contributed by atoms with E-state index in [-0.39, 0.29) is 5.91 Å². The van der Waals surface area contributed by atoms with E-state index < -0.39 is 5.60 Å². The zero-order valence-electron chi connectivity index (χ0n) is 12.8. The van der Waals surface area contributed by atoms with Gasteiger partial charge in [0.25, 0.3) is 0 Å². The number of hydrogen-bond donors (Lipinski definition) is 2. The predicted molar refractivity (Wildman–Crippen MR) is 89.2 cm³/mol. The van der Waals surface area contributed by atoms with E-state index in [1.54, 1.807) is 13.8 Å². The third kappa shape index (κ3) is 4.12. The molecule has 0 spiro atoms. The molecule has 0 saturated carbocycles. The van der Waals surface area contributed by atoms with Gasteiger partial charge in [-0.25, -0.2) is 0 Å². The summed E-state index contributed by atoms with van der Waals surface area (Å²) in [4.78, 5) is 11.3. The van der Waals surface area contributed by atoms with Crippen LogP contribution in [-0.2, 0) is 4.79 Å². The van der Waals surface area contributed by atoms with Crippen molar-refractivity contribution in [2.45, 2.75) is 26.4 Å². The van der Waals surface area contributed by atoms with Crippen LogP contribution >= 0.6 is 0 Å². The maximum Gasteiger partial charge on any atom is 0.221 e. The molecular weight excluding hydrogens is 274 g/mol. The molecule has 0 aliphatic heterocycles. The van der Waals surface area contributed by atoms with Gasteiger partial charge in [0, 0.05) is 23.6 Å². The molecule has 2 N–H and O–H groups in total. The van der Waals surface area contributed by atoms with E-state index in [1.165, 1.54) is 6.92 Å². The summed E-state index contributed by atoms with van der Waals surface area (Å²) >= 11 is 0. The highest BCUT2D eigenvalue weighted by Gasteiger charge is 2.06. The second-order valence-corrected chi connectivity index (χ2v) is 5.45. The predicted octanol–water partition coefficient (Wildman–Crippen LogP) is 2.92. The summed E-state index contributed by atoms with van der Waals surface area (Å²) in [5, 5.41) is 14.2. The van der Waals surface area contributed by atoms with Crippen LogP contribution in [0.3, 0.4) is 0 Å². The van der Waals surface area contributed by atoms with Crippen molar-refractivity contribution in [3.05, 3.63) is 42.0 Å². The third-order valence-corrected chi connectivity index (χ3v) is 2.86. The molecule has 2 aromatic carbocycles. The molecule has 110 valence electrons. The van der Waals surface area contributed by atoms with Crippen LogP contribution in [0.15, 0.2) is 36.4 Å². The van der Waals surface area contributed by atoms with Crippen LogP contribution in [-0.4, -0.2) is 16.6 Å². The van der Waals surface area contributed by atoms with Crippen LogP contribution in [0.5, 0.6) is 0 Å². The molecule has 2 aromatic rings. The van der Waals surface area contributed by atoms with Crippen molar-refractivity contribution >= 4 is 22.4 Å². The van der Waals surface area contributed by atoms with Crippen LogP contribution in [0.2, 0.25) is 0 Å². The summed E-state index contributed by atoms with van der Waals surface area (Å²) in [6, 6.07) is 11.4. The zero-order chi connectivity index (χ0) is 16.2. The topological polar surface area (TPSA) is 49.3 Å². The SMILES string of the molecule is CC(=O)Nc1ccc(C#CC#CC(C)(C)O)c2ccccc12. The second-order valence-electron chi connectivity index (χ2n) is 5.45. The highest BCUT2D eigenvalue weighted by Crippen LogP contribution is 2.26. The molecule has 0 saturated heterocycles. The number of benzene rings is 2. The van der Waals surface area contributed by atoms with Crippen molar-refractivity contribution in [3.8, 4) is 23.7 Å². The molecule has 0 heterocycles. The first-order chi connectivity index (χ1) is 10.4. The van der Waals surface area contributed by atoms with E-state index in [9.17, 15) is 9.90 Å². The standard InChI is InChI=1S/C19H17NO2/c1-14(21)20-18-12-11-15(8-6-7-13-19(2,3)22)16-9-4-5-10-17(16)18/h4-5,9-12,22H,1-3H3,(H,20,21). The van der Waals surface area contributed by atoms with E-state index in [2.05, 4.69) is 29.0 Å². The van der Waals surface area contributed by atoms with Gasteiger partial charge in [-0.15, -0.1) is 0 Å². The quantitative estimate of drug-likeness (QED) is 0.794. The lowest BCUT2D eigenvalue weighted by Gasteiger charge is -2.08. The van der Waals surface area contributed by atoms with Gasteiger partial charge in [-0.2, -0.15) is 0 Å². The average Bonchev–Trinajstić information content (AvgIpc) is 2.44. The van der Waals surface area contributed by atoms with Crippen molar-refractivity contribution in [3.63, 3.8) is 0 Å². The summed E-state index contributed by atoms with van der Waals surface area (Å²) in [6.45, 7) is 4.70. The second kappa shape index (κ2) is 6.35. The molecule has 3 heteroatoms. The van der Waals surface area contributed by atoms with Gasteiger partial charge in [0.2, 0.25) is 5.91 Å². The van der Waals surface area contributed by atoms with E-state index in [4.69, 9.17) is 0 Å². The van der Waals surface area contributed by atoms with Crippen molar-refractivity contribution in [2.75, 3.05) is 5.32 Å². The monoisotopic (exact) mass is 291 g/mol.